The number of hydrogen-bond acceptors (Lipinski definition) is 8. The number of fused-ring (bicyclic) bond motifs is 1. The first kappa shape index (κ1) is 31.1. The van der Waals surface area contributed by atoms with Gasteiger partial charge in [-0.25, -0.2) is 26.2 Å². The van der Waals surface area contributed by atoms with Gasteiger partial charge in [-0.1, -0.05) is 31.3 Å². The number of thiazole rings is 1. The van der Waals surface area contributed by atoms with Gasteiger partial charge in [0.2, 0.25) is 5.91 Å². The number of hydrogen-bond donors (Lipinski definition) is 0. The zero-order valence-corrected chi connectivity index (χ0v) is 24.2. The monoisotopic (exact) mass is 591 g/mol. The number of likely N-dealkylation sites (N-methyl/N-ethyl adjacent to an activating group) is 1. The Kier molecular flexibility index (Phi) is 11.0. The molecule has 37 heavy (non-hydrogen) atoms. The number of rotatable bonds is 12. The lowest BCUT2D eigenvalue weighted by Gasteiger charge is -2.24. The van der Waals surface area contributed by atoms with Crippen molar-refractivity contribution in [1.29, 1.82) is 0 Å². The summed E-state index contributed by atoms with van der Waals surface area (Å²) in [6.45, 7) is 6.55. The van der Waals surface area contributed by atoms with Crippen molar-refractivity contribution in [2.75, 3.05) is 43.1 Å². The number of aromatic nitrogens is 1. The minimum absolute atomic E-state index is 0. The molecule has 2 aromatic carbocycles. The maximum Gasteiger partial charge on any atom is 0.228 e. The number of sulfone groups is 2. The molecule has 13 heteroatoms. The van der Waals surface area contributed by atoms with Crippen LogP contribution in [0.5, 0.6) is 0 Å². The Morgan fingerprint density at radius 3 is 2.24 bits per heavy atom. The first-order chi connectivity index (χ1) is 17.0. The van der Waals surface area contributed by atoms with Gasteiger partial charge in [0.05, 0.1) is 20.2 Å². The third kappa shape index (κ3) is 7.93. The molecule has 1 aromatic heterocycles. The smallest absolute Gasteiger partial charge is 0.228 e. The predicted octanol–water partition coefficient (Wildman–Crippen LogP) is 4.19. The van der Waals surface area contributed by atoms with Crippen molar-refractivity contribution < 1.29 is 26.0 Å². The van der Waals surface area contributed by atoms with Crippen LogP contribution in [0.1, 0.15) is 26.7 Å². The summed E-state index contributed by atoms with van der Waals surface area (Å²) in [4.78, 5) is 21.6. The highest BCUT2D eigenvalue weighted by Crippen LogP contribution is 2.33. The Morgan fingerprint density at radius 2 is 1.65 bits per heavy atom. The number of amides is 1. The van der Waals surface area contributed by atoms with Crippen molar-refractivity contribution in [3.63, 3.8) is 0 Å². The van der Waals surface area contributed by atoms with Crippen molar-refractivity contribution in [1.82, 2.24) is 9.88 Å². The Labute approximate surface area is 227 Å². The normalized spacial score (nSPS) is 12.0. The molecule has 3 aromatic rings. The molecule has 0 fully saturated rings. The molecule has 0 spiro atoms. The van der Waals surface area contributed by atoms with Crippen LogP contribution >= 0.6 is 23.7 Å². The van der Waals surface area contributed by atoms with E-state index >= 15 is 0 Å². The van der Waals surface area contributed by atoms with Crippen LogP contribution in [0.15, 0.2) is 52.3 Å². The van der Waals surface area contributed by atoms with E-state index in [0.29, 0.717) is 28.4 Å². The first-order valence-electron chi connectivity index (χ1n) is 11.6. The summed E-state index contributed by atoms with van der Waals surface area (Å²) in [6.07, 6.45) is 1.17. The zero-order chi connectivity index (χ0) is 26.5. The fourth-order valence-electron chi connectivity index (χ4n) is 3.74. The van der Waals surface area contributed by atoms with Gasteiger partial charge in [0, 0.05) is 25.8 Å². The zero-order valence-electron chi connectivity index (χ0n) is 20.9. The molecule has 0 atom stereocenters. The number of benzene rings is 2. The summed E-state index contributed by atoms with van der Waals surface area (Å²) in [5, 5.41) is 0.375. The molecular weight excluding hydrogens is 561 g/mol. The number of halogens is 2. The molecule has 0 bridgehead atoms. The molecule has 0 N–H and O–H groups in total. The lowest BCUT2D eigenvalue weighted by molar-refractivity contribution is -0.118. The van der Waals surface area contributed by atoms with E-state index in [-0.39, 0.29) is 46.7 Å². The maximum absolute atomic E-state index is 13.3. The van der Waals surface area contributed by atoms with E-state index in [4.69, 9.17) is 0 Å². The molecule has 1 heterocycles. The van der Waals surface area contributed by atoms with E-state index in [0.717, 1.165) is 31.5 Å². The summed E-state index contributed by atoms with van der Waals surface area (Å²) in [5.74, 6) is -1.08. The molecule has 204 valence electrons. The minimum Gasteiger partial charge on any atom is -0.302 e. The molecule has 0 aliphatic carbocycles. The fraction of sp³-hybridized carbons (Fsp3) is 0.417. The molecule has 8 nitrogen and oxygen atoms in total. The highest BCUT2D eigenvalue weighted by molar-refractivity contribution is 7.91. The number of nitrogens with zero attached hydrogens (tertiary/aromatic N) is 3. The fourth-order valence-corrected chi connectivity index (χ4v) is 6.99. The van der Waals surface area contributed by atoms with Gasteiger partial charge in [-0.15, -0.1) is 12.4 Å². The summed E-state index contributed by atoms with van der Waals surface area (Å²) in [5.41, 5.74) is 0.319. The number of anilines is 1. The number of carbonyl (C=O) groups excluding carboxylic acids is 1. The number of carbonyl (C=O) groups is 1. The molecule has 0 aliphatic rings. The standard InChI is InChI=1S/C24H30FN3O5S3.ClH/c1-4-27(5-2)15-16-28(24-26-23-20(34-24)8-6-9-21(23)35(3,30)31)22(29)10-7-17-36(32,33)19-13-11-18(25)12-14-19;/h6,8-9,11-14H,4-5,7,10,15-17H2,1-3H3;1H. The third-order valence-corrected chi connectivity index (χ3v) is 9.80. The Balaban J connectivity index is 0.00000481. The highest BCUT2D eigenvalue weighted by atomic mass is 35.5. The van der Waals surface area contributed by atoms with Crippen molar-refractivity contribution in [2.45, 2.75) is 36.5 Å². The van der Waals surface area contributed by atoms with Gasteiger partial charge in [0.25, 0.3) is 0 Å². The molecule has 1 amide bonds. The summed E-state index contributed by atoms with van der Waals surface area (Å²) in [7, 11) is -7.18. The van der Waals surface area contributed by atoms with Gasteiger partial charge in [-0.05, 0) is 55.9 Å². The van der Waals surface area contributed by atoms with Gasteiger partial charge >= 0.3 is 0 Å². The van der Waals surface area contributed by atoms with Crippen LogP contribution in [0, 0.1) is 5.82 Å². The lowest BCUT2D eigenvalue weighted by atomic mass is 10.3. The van der Waals surface area contributed by atoms with E-state index in [1.54, 1.807) is 12.1 Å². The van der Waals surface area contributed by atoms with Gasteiger partial charge in [0.15, 0.2) is 24.8 Å². The van der Waals surface area contributed by atoms with Crippen molar-refractivity contribution >= 4 is 64.7 Å². The van der Waals surface area contributed by atoms with E-state index in [1.165, 1.54) is 34.4 Å². The summed E-state index contributed by atoms with van der Waals surface area (Å²) >= 11 is 1.23. The average Bonchev–Trinajstić information content (AvgIpc) is 3.25. The second-order valence-electron chi connectivity index (χ2n) is 8.32. The first-order valence-corrected chi connectivity index (χ1v) is 15.9. The van der Waals surface area contributed by atoms with Crippen LogP contribution in [-0.2, 0) is 24.5 Å². The predicted molar refractivity (Wildman–Crippen MR) is 148 cm³/mol. The van der Waals surface area contributed by atoms with E-state index < -0.39 is 25.5 Å². The van der Waals surface area contributed by atoms with E-state index in [2.05, 4.69) is 9.88 Å². The summed E-state index contributed by atoms with van der Waals surface area (Å²) < 4.78 is 63.4. The van der Waals surface area contributed by atoms with Gasteiger partial charge in [0.1, 0.15) is 11.3 Å². The van der Waals surface area contributed by atoms with Gasteiger partial charge in [-0.2, -0.15) is 0 Å². The average molecular weight is 592 g/mol. The van der Waals surface area contributed by atoms with Crippen molar-refractivity contribution in [3.05, 3.63) is 48.3 Å². The van der Waals surface area contributed by atoms with Gasteiger partial charge in [-0.3, -0.25) is 9.69 Å². The second kappa shape index (κ2) is 13.1. The lowest BCUT2D eigenvalue weighted by Crippen LogP contribution is -2.39. The third-order valence-electron chi connectivity index (χ3n) is 5.81. The Morgan fingerprint density at radius 1 is 1.00 bits per heavy atom. The quantitative estimate of drug-likeness (QED) is 0.291. The second-order valence-corrected chi connectivity index (χ2v) is 13.4. The van der Waals surface area contributed by atoms with Crippen LogP contribution < -0.4 is 4.90 Å². The topological polar surface area (TPSA) is 105 Å². The molecular formula is C24H31ClFN3O5S3. The largest absolute Gasteiger partial charge is 0.302 e. The maximum atomic E-state index is 13.3. The number of para-hydroxylation sites is 1. The van der Waals surface area contributed by atoms with E-state index in [9.17, 15) is 26.0 Å². The molecule has 0 unspecified atom stereocenters. The van der Waals surface area contributed by atoms with Crippen molar-refractivity contribution in [2.24, 2.45) is 0 Å². The highest BCUT2D eigenvalue weighted by Gasteiger charge is 2.24. The Bertz CT molecular complexity index is 1420. The van der Waals surface area contributed by atoms with E-state index in [1.807, 2.05) is 13.8 Å². The Hall–Kier alpha value is -2.12. The van der Waals surface area contributed by atoms with Crippen LogP contribution in [0.4, 0.5) is 9.52 Å². The summed E-state index contributed by atoms with van der Waals surface area (Å²) in [6, 6.07) is 9.49. The molecule has 0 saturated carbocycles. The SMILES string of the molecule is CCN(CC)CCN(C(=O)CCCS(=O)(=O)c1ccc(F)cc1)c1nc2c(S(C)(=O)=O)cccc2s1.Cl. The molecule has 0 saturated heterocycles. The minimum atomic E-state index is -3.66. The van der Waals surface area contributed by atoms with Crippen molar-refractivity contribution in [3.8, 4) is 0 Å². The molecule has 0 aliphatic heterocycles. The van der Waals surface area contributed by atoms with Crippen LogP contribution in [0.2, 0.25) is 0 Å². The van der Waals surface area contributed by atoms with Crippen LogP contribution in [0.25, 0.3) is 10.2 Å². The van der Waals surface area contributed by atoms with Crippen LogP contribution in [0.3, 0.4) is 0 Å². The molecule has 3 rings (SSSR count). The van der Waals surface area contributed by atoms with Crippen LogP contribution in [-0.4, -0.2) is 70.8 Å². The molecule has 0 radical (unpaired) electrons. The van der Waals surface area contributed by atoms with Gasteiger partial charge < -0.3 is 4.90 Å².